The lowest BCUT2D eigenvalue weighted by atomic mass is 10.2. The van der Waals surface area contributed by atoms with Crippen molar-refractivity contribution in [2.45, 2.75) is 13.0 Å². The van der Waals surface area contributed by atoms with Gasteiger partial charge < -0.3 is 10.2 Å². The fourth-order valence-corrected chi connectivity index (χ4v) is 2.48. The predicted octanol–water partition coefficient (Wildman–Crippen LogP) is 1.42. The average Bonchev–Trinajstić information content (AvgIpc) is 2.40. The van der Waals surface area contributed by atoms with Crippen molar-refractivity contribution in [3.63, 3.8) is 0 Å². The molecule has 0 radical (unpaired) electrons. The summed E-state index contributed by atoms with van der Waals surface area (Å²) in [6, 6.07) is 11.4. The van der Waals surface area contributed by atoms with Crippen LogP contribution in [-0.2, 0) is 0 Å². The van der Waals surface area contributed by atoms with E-state index in [9.17, 15) is 0 Å². The van der Waals surface area contributed by atoms with Crippen LogP contribution in [0.25, 0.3) is 0 Å². The Morgan fingerprint density at radius 1 is 1.12 bits per heavy atom. The Hall–Kier alpha value is -1.06. The molecule has 1 aliphatic heterocycles. The summed E-state index contributed by atoms with van der Waals surface area (Å²) in [6.45, 7) is 7.98. The third-order valence-corrected chi connectivity index (χ3v) is 3.56. The van der Waals surface area contributed by atoms with Crippen LogP contribution in [0.4, 0.5) is 5.69 Å². The van der Waals surface area contributed by atoms with Gasteiger partial charge in [0.2, 0.25) is 0 Å². The van der Waals surface area contributed by atoms with E-state index in [1.54, 1.807) is 0 Å². The maximum atomic E-state index is 3.25. The van der Waals surface area contributed by atoms with Crippen LogP contribution in [0.1, 0.15) is 6.92 Å². The summed E-state index contributed by atoms with van der Waals surface area (Å²) >= 11 is 0. The number of para-hydroxylation sites is 1. The molecule has 1 saturated heterocycles. The summed E-state index contributed by atoms with van der Waals surface area (Å²) in [7, 11) is 2.02. The van der Waals surface area contributed by atoms with Gasteiger partial charge in [-0.25, -0.2) is 0 Å². The van der Waals surface area contributed by atoms with Crippen LogP contribution < -0.4 is 10.2 Å². The number of rotatable bonds is 4. The molecule has 3 heteroatoms. The molecule has 1 atom stereocenters. The molecule has 1 unspecified atom stereocenters. The minimum absolute atomic E-state index is 0.637. The summed E-state index contributed by atoms with van der Waals surface area (Å²) < 4.78 is 0. The first kappa shape index (κ1) is 12.4. The van der Waals surface area contributed by atoms with Crippen LogP contribution >= 0.6 is 0 Å². The van der Waals surface area contributed by atoms with Crippen LogP contribution in [0, 0.1) is 0 Å². The summed E-state index contributed by atoms with van der Waals surface area (Å²) in [6.07, 6.45) is 0. The predicted molar refractivity (Wildman–Crippen MR) is 73.6 cm³/mol. The summed E-state index contributed by atoms with van der Waals surface area (Å²) in [5, 5.41) is 3.25. The zero-order valence-corrected chi connectivity index (χ0v) is 10.9. The van der Waals surface area contributed by atoms with E-state index in [0.29, 0.717) is 6.04 Å². The van der Waals surface area contributed by atoms with E-state index in [0.717, 1.165) is 32.7 Å². The molecular formula is C14H23N3. The summed E-state index contributed by atoms with van der Waals surface area (Å²) in [5.41, 5.74) is 1.36. The first-order chi connectivity index (χ1) is 8.31. The number of hydrogen-bond acceptors (Lipinski definition) is 3. The number of anilines is 1. The molecule has 1 N–H and O–H groups in total. The van der Waals surface area contributed by atoms with Gasteiger partial charge >= 0.3 is 0 Å². The first-order valence-electron chi connectivity index (χ1n) is 6.50. The minimum Gasteiger partial charge on any atom is -0.369 e. The molecule has 2 rings (SSSR count). The number of benzene rings is 1. The van der Waals surface area contributed by atoms with E-state index in [2.05, 4.69) is 52.4 Å². The van der Waals surface area contributed by atoms with Gasteiger partial charge in [-0.05, 0) is 26.1 Å². The lowest BCUT2D eigenvalue weighted by Gasteiger charge is -2.39. The van der Waals surface area contributed by atoms with Gasteiger partial charge in [-0.1, -0.05) is 18.2 Å². The second-order valence-electron chi connectivity index (χ2n) is 4.77. The summed E-state index contributed by atoms with van der Waals surface area (Å²) in [5.74, 6) is 0. The third kappa shape index (κ3) is 3.20. The monoisotopic (exact) mass is 233 g/mol. The van der Waals surface area contributed by atoms with Crippen molar-refractivity contribution in [2.24, 2.45) is 0 Å². The number of piperazine rings is 1. The highest BCUT2D eigenvalue weighted by Crippen LogP contribution is 2.16. The van der Waals surface area contributed by atoms with Gasteiger partial charge in [0.1, 0.15) is 0 Å². The lowest BCUT2D eigenvalue weighted by molar-refractivity contribution is 0.195. The second kappa shape index (κ2) is 6.03. The lowest BCUT2D eigenvalue weighted by Crippen LogP contribution is -2.51. The number of likely N-dealkylation sites (N-methyl/N-ethyl adjacent to an activating group) is 1. The molecule has 1 fully saturated rings. The largest absolute Gasteiger partial charge is 0.369 e. The normalized spacial score (nSPS) is 19.3. The van der Waals surface area contributed by atoms with Gasteiger partial charge in [-0.15, -0.1) is 0 Å². The van der Waals surface area contributed by atoms with Crippen LogP contribution in [0.15, 0.2) is 30.3 Å². The smallest absolute Gasteiger partial charge is 0.0367 e. The van der Waals surface area contributed by atoms with Crippen LogP contribution in [0.2, 0.25) is 0 Å². The molecule has 0 amide bonds. The molecule has 0 aliphatic carbocycles. The quantitative estimate of drug-likeness (QED) is 0.848. The number of nitrogens with one attached hydrogen (secondary N) is 1. The molecule has 1 aliphatic rings. The maximum absolute atomic E-state index is 3.25. The van der Waals surface area contributed by atoms with Gasteiger partial charge in [0, 0.05) is 44.5 Å². The van der Waals surface area contributed by atoms with Crippen molar-refractivity contribution in [1.82, 2.24) is 10.2 Å². The van der Waals surface area contributed by atoms with Crippen molar-refractivity contribution in [1.29, 1.82) is 0 Å². The van der Waals surface area contributed by atoms with Crippen LogP contribution in [0.5, 0.6) is 0 Å². The Labute approximate surface area is 104 Å². The topological polar surface area (TPSA) is 18.5 Å². The Balaban J connectivity index is 1.86. The van der Waals surface area contributed by atoms with Crippen molar-refractivity contribution < 1.29 is 0 Å². The SMILES string of the molecule is CNCC(C)N1CCN(c2ccccc2)CC1. The molecule has 0 spiro atoms. The van der Waals surface area contributed by atoms with Gasteiger partial charge in [0.25, 0.3) is 0 Å². The van der Waals surface area contributed by atoms with E-state index in [-0.39, 0.29) is 0 Å². The standard InChI is InChI=1S/C14H23N3/c1-13(12-15-2)16-8-10-17(11-9-16)14-6-4-3-5-7-14/h3-7,13,15H,8-12H2,1-2H3. The van der Waals surface area contributed by atoms with E-state index >= 15 is 0 Å². The van der Waals surface area contributed by atoms with Crippen LogP contribution in [0.3, 0.4) is 0 Å². The van der Waals surface area contributed by atoms with Crippen molar-refractivity contribution in [3.8, 4) is 0 Å². The van der Waals surface area contributed by atoms with E-state index in [1.807, 2.05) is 7.05 Å². The Morgan fingerprint density at radius 3 is 2.35 bits per heavy atom. The zero-order valence-electron chi connectivity index (χ0n) is 10.9. The van der Waals surface area contributed by atoms with E-state index in [4.69, 9.17) is 0 Å². The van der Waals surface area contributed by atoms with Crippen molar-refractivity contribution in [2.75, 3.05) is 44.7 Å². The molecule has 0 aromatic heterocycles. The molecular weight excluding hydrogens is 210 g/mol. The van der Waals surface area contributed by atoms with E-state index in [1.165, 1.54) is 5.69 Å². The van der Waals surface area contributed by atoms with Crippen molar-refractivity contribution >= 4 is 5.69 Å². The average molecular weight is 233 g/mol. The van der Waals surface area contributed by atoms with Gasteiger partial charge in [-0.3, -0.25) is 4.90 Å². The molecule has 94 valence electrons. The van der Waals surface area contributed by atoms with Gasteiger partial charge in [0.15, 0.2) is 0 Å². The maximum Gasteiger partial charge on any atom is 0.0367 e. The van der Waals surface area contributed by atoms with E-state index < -0.39 is 0 Å². The molecule has 1 heterocycles. The third-order valence-electron chi connectivity index (χ3n) is 3.56. The highest BCUT2D eigenvalue weighted by atomic mass is 15.3. The first-order valence-corrected chi connectivity index (χ1v) is 6.50. The highest BCUT2D eigenvalue weighted by molar-refractivity contribution is 5.46. The van der Waals surface area contributed by atoms with Crippen molar-refractivity contribution in [3.05, 3.63) is 30.3 Å². The zero-order chi connectivity index (χ0) is 12.1. The fourth-order valence-electron chi connectivity index (χ4n) is 2.48. The summed E-state index contributed by atoms with van der Waals surface area (Å²) in [4.78, 5) is 5.04. The molecule has 1 aromatic rings. The number of nitrogens with zero attached hydrogens (tertiary/aromatic N) is 2. The van der Waals surface area contributed by atoms with Gasteiger partial charge in [0.05, 0.1) is 0 Å². The molecule has 0 bridgehead atoms. The Morgan fingerprint density at radius 2 is 1.76 bits per heavy atom. The molecule has 1 aromatic carbocycles. The second-order valence-corrected chi connectivity index (χ2v) is 4.77. The molecule has 0 saturated carbocycles. The molecule has 3 nitrogen and oxygen atoms in total. The van der Waals surface area contributed by atoms with Gasteiger partial charge in [-0.2, -0.15) is 0 Å². The minimum atomic E-state index is 0.637. The Bertz CT molecular complexity index is 317. The van der Waals surface area contributed by atoms with Crippen LogP contribution in [-0.4, -0.2) is 50.7 Å². The fraction of sp³-hybridized carbons (Fsp3) is 0.571. The highest BCUT2D eigenvalue weighted by Gasteiger charge is 2.20. The molecule has 17 heavy (non-hydrogen) atoms. The Kier molecular flexibility index (Phi) is 4.40. The number of hydrogen-bond donors (Lipinski definition) is 1.